The normalized spacial score (nSPS) is 14.3. The molecule has 27 heavy (non-hydrogen) atoms. The minimum Gasteiger partial charge on any atom is -0.469 e. The van der Waals surface area contributed by atoms with Crippen LogP contribution < -0.4 is 0 Å². The molecule has 0 aromatic heterocycles. The number of ether oxygens (including phenoxy) is 1. The highest BCUT2D eigenvalue weighted by Crippen LogP contribution is 2.50. The average Bonchev–Trinajstić information content (AvgIpc) is 2.68. The highest BCUT2D eigenvalue weighted by Gasteiger charge is 2.32. The van der Waals surface area contributed by atoms with Crippen molar-refractivity contribution < 1.29 is 18.6 Å². The smallest absolute Gasteiger partial charge is 0.309 e. The van der Waals surface area contributed by atoms with Crippen LogP contribution in [0, 0.1) is 12.8 Å². The first-order chi connectivity index (χ1) is 13.0. The van der Waals surface area contributed by atoms with Crippen molar-refractivity contribution >= 4 is 13.3 Å². The standard InChI is InChI=1S/C22H29O4P/c1-4-14-27(24,26-16-20-8-6-5-7-9-20)17-21(22(23)25-3)15-19-12-10-18(2)11-13-19/h5-13,21H,4,14-17H2,1-3H3/t21-,27?/m0/s1. The molecule has 0 aliphatic heterocycles. The minimum absolute atomic E-state index is 0.203. The Balaban J connectivity index is 2.12. The molecule has 146 valence electrons. The molecule has 0 fully saturated rings. The fourth-order valence-electron chi connectivity index (χ4n) is 3.05. The molecule has 1 unspecified atom stereocenters. The van der Waals surface area contributed by atoms with Crippen LogP contribution in [0.25, 0.3) is 0 Å². The van der Waals surface area contributed by atoms with Crippen molar-refractivity contribution in [1.29, 1.82) is 0 Å². The van der Waals surface area contributed by atoms with E-state index in [-0.39, 0.29) is 18.7 Å². The van der Waals surface area contributed by atoms with Gasteiger partial charge in [-0.05, 0) is 30.9 Å². The molecule has 0 saturated heterocycles. The minimum atomic E-state index is -2.96. The molecule has 0 aliphatic carbocycles. The summed E-state index contributed by atoms with van der Waals surface area (Å²) in [4.78, 5) is 12.3. The summed E-state index contributed by atoms with van der Waals surface area (Å²) < 4.78 is 24.3. The van der Waals surface area contributed by atoms with E-state index in [1.165, 1.54) is 7.11 Å². The maximum atomic E-state index is 13.4. The third-order valence-electron chi connectivity index (χ3n) is 4.51. The topological polar surface area (TPSA) is 52.6 Å². The molecule has 0 aliphatic rings. The third kappa shape index (κ3) is 6.97. The van der Waals surface area contributed by atoms with Crippen molar-refractivity contribution in [1.82, 2.24) is 0 Å². The van der Waals surface area contributed by atoms with Gasteiger partial charge in [-0.1, -0.05) is 67.1 Å². The number of hydrogen-bond donors (Lipinski definition) is 0. The SMILES string of the molecule is CCCP(=O)(C[C@H](Cc1ccc(C)cc1)C(=O)OC)OCc1ccccc1. The lowest BCUT2D eigenvalue weighted by Gasteiger charge is -2.23. The third-order valence-corrected chi connectivity index (χ3v) is 7.23. The summed E-state index contributed by atoms with van der Waals surface area (Å²) in [7, 11) is -1.58. The van der Waals surface area contributed by atoms with Crippen LogP contribution in [0.15, 0.2) is 54.6 Å². The molecule has 2 aromatic rings. The molecule has 0 amide bonds. The predicted octanol–water partition coefficient (Wildman–Crippen LogP) is 5.23. The number of hydrogen-bond acceptors (Lipinski definition) is 4. The van der Waals surface area contributed by atoms with Gasteiger partial charge < -0.3 is 9.26 Å². The quantitative estimate of drug-likeness (QED) is 0.413. The van der Waals surface area contributed by atoms with Gasteiger partial charge in [-0.15, -0.1) is 0 Å². The van der Waals surface area contributed by atoms with Crippen molar-refractivity contribution in [2.45, 2.75) is 33.3 Å². The largest absolute Gasteiger partial charge is 0.469 e. The van der Waals surface area contributed by atoms with E-state index in [0.29, 0.717) is 12.6 Å². The first kappa shape index (κ1) is 21.4. The van der Waals surface area contributed by atoms with E-state index in [0.717, 1.165) is 23.1 Å². The Morgan fingerprint density at radius 2 is 1.70 bits per heavy atom. The van der Waals surface area contributed by atoms with Crippen LogP contribution in [0.3, 0.4) is 0 Å². The Kier molecular flexibility index (Phi) is 8.27. The van der Waals surface area contributed by atoms with E-state index in [1.54, 1.807) is 0 Å². The highest BCUT2D eigenvalue weighted by atomic mass is 31.2. The van der Waals surface area contributed by atoms with Crippen LogP contribution in [0.2, 0.25) is 0 Å². The Labute approximate surface area is 162 Å². The lowest BCUT2D eigenvalue weighted by molar-refractivity contribution is -0.144. The second kappa shape index (κ2) is 10.4. The Hall–Kier alpha value is -1.90. The zero-order valence-corrected chi connectivity index (χ0v) is 17.3. The number of carbonyl (C=O) groups excluding carboxylic acids is 1. The van der Waals surface area contributed by atoms with Crippen LogP contribution in [0.5, 0.6) is 0 Å². The lowest BCUT2D eigenvalue weighted by Crippen LogP contribution is -2.23. The first-order valence-corrected chi connectivity index (χ1v) is 11.3. The Morgan fingerprint density at radius 1 is 1.04 bits per heavy atom. The van der Waals surface area contributed by atoms with Crippen molar-refractivity contribution in [3.8, 4) is 0 Å². The van der Waals surface area contributed by atoms with Gasteiger partial charge in [0.05, 0.1) is 19.6 Å². The maximum absolute atomic E-state index is 13.4. The molecule has 0 N–H and O–H groups in total. The fourth-order valence-corrected chi connectivity index (χ4v) is 5.48. The molecule has 0 heterocycles. The van der Waals surface area contributed by atoms with Crippen LogP contribution in [-0.4, -0.2) is 25.4 Å². The van der Waals surface area contributed by atoms with Gasteiger partial charge in [0.15, 0.2) is 0 Å². The van der Waals surface area contributed by atoms with Crippen molar-refractivity contribution in [3.63, 3.8) is 0 Å². The van der Waals surface area contributed by atoms with E-state index in [1.807, 2.05) is 68.4 Å². The van der Waals surface area contributed by atoms with Gasteiger partial charge >= 0.3 is 5.97 Å². The molecule has 0 spiro atoms. The van der Waals surface area contributed by atoms with Gasteiger partial charge in [0.25, 0.3) is 0 Å². The molecule has 0 bridgehead atoms. The number of benzene rings is 2. The van der Waals surface area contributed by atoms with Crippen LogP contribution in [0.4, 0.5) is 0 Å². The number of methoxy groups -OCH3 is 1. The molecule has 5 heteroatoms. The maximum Gasteiger partial charge on any atom is 0.309 e. The summed E-state index contributed by atoms with van der Waals surface area (Å²) in [5, 5.41) is 0. The average molecular weight is 388 g/mol. The second-order valence-electron chi connectivity index (χ2n) is 6.89. The number of carbonyl (C=O) groups is 1. The second-order valence-corrected chi connectivity index (χ2v) is 9.59. The Bertz CT molecular complexity index is 756. The summed E-state index contributed by atoms with van der Waals surface area (Å²) in [5.74, 6) is -0.818. The van der Waals surface area contributed by atoms with Crippen molar-refractivity contribution in [3.05, 3.63) is 71.3 Å². The first-order valence-electron chi connectivity index (χ1n) is 9.35. The van der Waals surface area contributed by atoms with Gasteiger partial charge in [-0.2, -0.15) is 0 Å². The number of esters is 1. The van der Waals surface area contributed by atoms with E-state index in [9.17, 15) is 9.36 Å². The molecule has 2 atom stereocenters. The van der Waals surface area contributed by atoms with Crippen LogP contribution in [-0.2, 0) is 31.6 Å². The number of rotatable bonds is 10. The fraction of sp³-hybridized carbons (Fsp3) is 0.409. The zero-order chi connectivity index (χ0) is 19.7. The van der Waals surface area contributed by atoms with Gasteiger partial charge in [0.1, 0.15) is 0 Å². The highest BCUT2D eigenvalue weighted by molar-refractivity contribution is 7.59. The Morgan fingerprint density at radius 3 is 2.30 bits per heavy atom. The molecular formula is C22H29O4P. The van der Waals surface area contributed by atoms with Gasteiger partial charge in [-0.3, -0.25) is 9.36 Å². The van der Waals surface area contributed by atoms with E-state index >= 15 is 0 Å². The molecule has 0 radical (unpaired) electrons. The zero-order valence-electron chi connectivity index (χ0n) is 16.4. The van der Waals surface area contributed by atoms with Gasteiger partial charge in [0.2, 0.25) is 7.37 Å². The summed E-state index contributed by atoms with van der Waals surface area (Å²) in [5.41, 5.74) is 3.17. The lowest BCUT2D eigenvalue weighted by atomic mass is 10.0. The summed E-state index contributed by atoms with van der Waals surface area (Å²) in [6.07, 6.45) is 1.90. The van der Waals surface area contributed by atoms with Crippen molar-refractivity contribution in [2.24, 2.45) is 5.92 Å². The number of aryl methyl sites for hydroxylation is 1. The predicted molar refractivity (Wildman–Crippen MR) is 109 cm³/mol. The molecule has 2 aromatic carbocycles. The summed E-state index contributed by atoms with van der Waals surface area (Å²) in [6.45, 7) is 4.29. The molecule has 0 saturated carbocycles. The van der Waals surface area contributed by atoms with Gasteiger partial charge in [0, 0.05) is 12.3 Å². The molecule has 2 rings (SSSR count). The van der Waals surface area contributed by atoms with Crippen LogP contribution in [0.1, 0.15) is 30.0 Å². The monoisotopic (exact) mass is 388 g/mol. The molecular weight excluding hydrogens is 359 g/mol. The van der Waals surface area contributed by atoms with Gasteiger partial charge in [-0.25, -0.2) is 0 Å². The van der Waals surface area contributed by atoms with E-state index in [2.05, 4.69) is 0 Å². The van der Waals surface area contributed by atoms with Crippen LogP contribution >= 0.6 is 7.37 Å². The molecule has 4 nitrogen and oxygen atoms in total. The van der Waals surface area contributed by atoms with E-state index in [4.69, 9.17) is 9.26 Å². The van der Waals surface area contributed by atoms with Crippen molar-refractivity contribution in [2.75, 3.05) is 19.4 Å². The summed E-state index contributed by atoms with van der Waals surface area (Å²) in [6, 6.07) is 17.7. The summed E-state index contributed by atoms with van der Waals surface area (Å²) >= 11 is 0. The van der Waals surface area contributed by atoms with E-state index < -0.39 is 13.3 Å².